The second-order valence-electron chi connectivity index (χ2n) is 6.64. The molecule has 0 fully saturated rings. The summed E-state index contributed by atoms with van der Waals surface area (Å²) in [5.41, 5.74) is 2.35. The van der Waals surface area contributed by atoms with E-state index >= 15 is 0 Å². The second kappa shape index (κ2) is 7.31. The van der Waals surface area contributed by atoms with E-state index in [2.05, 4.69) is 10.1 Å². The van der Waals surface area contributed by atoms with Gasteiger partial charge in [0.05, 0.1) is 11.1 Å². The van der Waals surface area contributed by atoms with Crippen molar-refractivity contribution in [2.45, 2.75) is 26.5 Å². The van der Waals surface area contributed by atoms with Crippen LogP contribution in [0.4, 0.5) is 0 Å². The first-order valence-electron chi connectivity index (χ1n) is 8.99. The first-order chi connectivity index (χ1) is 14.0. The fraction of sp³-hybridized carbons (Fsp3) is 0.190. The van der Waals surface area contributed by atoms with Crippen molar-refractivity contribution in [1.29, 1.82) is 0 Å². The topological polar surface area (TPSA) is 103 Å². The van der Waals surface area contributed by atoms with E-state index in [0.717, 1.165) is 16.0 Å². The molecule has 2 aromatic carbocycles. The Balaban J connectivity index is 1.43. The average Bonchev–Trinajstić information content (AvgIpc) is 3.29. The van der Waals surface area contributed by atoms with E-state index in [1.807, 2.05) is 31.2 Å². The fourth-order valence-corrected chi connectivity index (χ4v) is 3.17. The molecule has 2 heterocycles. The molecule has 8 nitrogen and oxygen atoms in total. The van der Waals surface area contributed by atoms with Gasteiger partial charge in [-0.25, -0.2) is 4.79 Å². The summed E-state index contributed by atoms with van der Waals surface area (Å²) in [4.78, 5) is 42.5. The van der Waals surface area contributed by atoms with Crippen molar-refractivity contribution in [2.24, 2.45) is 0 Å². The Morgan fingerprint density at radius 2 is 1.62 bits per heavy atom. The lowest BCUT2D eigenvalue weighted by Crippen LogP contribution is -2.43. The number of ether oxygens (including phenoxy) is 1. The molecule has 1 aliphatic heterocycles. The summed E-state index contributed by atoms with van der Waals surface area (Å²) in [7, 11) is 0. The van der Waals surface area contributed by atoms with Crippen molar-refractivity contribution in [2.75, 3.05) is 0 Å². The van der Waals surface area contributed by atoms with Crippen LogP contribution in [0, 0.1) is 6.92 Å². The number of carbonyl (C=O) groups excluding carboxylic acids is 3. The van der Waals surface area contributed by atoms with E-state index in [1.54, 1.807) is 24.3 Å². The standard InChI is InChI=1S/C21H17N3O5/c1-12-7-3-4-8-14(12)18-22-17(29-23-18)11-28-21(27)13(2)24-19(25)15-9-5-6-10-16(15)20(24)26/h3-10,13H,11H2,1-2H3/t13-/m0/s1. The van der Waals surface area contributed by atoms with Crippen LogP contribution >= 0.6 is 0 Å². The van der Waals surface area contributed by atoms with Gasteiger partial charge < -0.3 is 9.26 Å². The molecule has 1 atom stereocenters. The van der Waals surface area contributed by atoms with E-state index in [-0.39, 0.29) is 23.6 Å². The number of aromatic nitrogens is 2. The highest BCUT2D eigenvalue weighted by Crippen LogP contribution is 2.25. The zero-order valence-corrected chi connectivity index (χ0v) is 15.8. The molecule has 4 rings (SSSR count). The van der Waals surface area contributed by atoms with E-state index in [0.29, 0.717) is 5.82 Å². The maximum absolute atomic E-state index is 12.5. The molecule has 0 unspecified atom stereocenters. The largest absolute Gasteiger partial charge is 0.454 e. The van der Waals surface area contributed by atoms with Crippen LogP contribution in [-0.4, -0.2) is 38.9 Å². The summed E-state index contributed by atoms with van der Waals surface area (Å²) >= 11 is 0. The number of carbonyl (C=O) groups is 3. The van der Waals surface area contributed by atoms with Crippen LogP contribution in [0.2, 0.25) is 0 Å². The number of hydrogen-bond donors (Lipinski definition) is 0. The zero-order chi connectivity index (χ0) is 20.5. The molecule has 0 bridgehead atoms. The predicted octanol–water partition coefficient (Wildman–Crippen LogP) is 2.77. The number of hydrogen-bond acceptors (Lipinski definition) is 7. The molecule has 0 radical (unpaired) electrons. The highest BCUT2D eigenvalue weighted by atomic mass is 16.6. The Labute approximate surface area is 166 Å². The normalized spacial score (nSPS) is 14.1. The number of imide groups is 1. The van der Waals surface area contributed by atoms with Gasteiger partial charge in [-0.3, -0.25) is 14.5 Å². The molecule has 0 aliphatic carbocycles. The smallest absolute Gasteiger partial charge is 0.329 e. The monoisotopic (exact) mass is 391 g/mol. The molecule has 0 N–H and O–H groups in total. The lowest BCUT2D eigenvalue weighted by Gasteiger charge is -2.20. The van der Waals surface area contributed by atoms with Gasteiger partial charge in [0.25, 0.3) is 17.7 Å². The Bertz CT molecular complexity index is 1090. The van der Waals surface area contributed by atoms with Crippen LogP contribution in [0.1, 0.15) is 39.1 Å². The molecule has 0 saturated heterocycles. The van der Waals surface area contributed by atoms with Crippen molar-refractivity contribution < 1.29 is 23.6 Å². The third-order valence-electron chi connectivity index (χ3n) is 4.75. The molecule has 1 aliphatic rings. The van der Waals surface area contributed by atoms with Gasteiger partial charge in [-0.2, -0.15) is 4.98 Å². The molecule has 8 heteroatoms. The van der Waals surface area contributed by atoms with E-state index in [9.17, 15) is 14.4 Å². The minimum Gasteiger partial charge on any atom is -0.454 e. The minimum absolute atomic E-state index is 0.117. The van der Waals surface area contributed by atoms with Crippen molar-refractivity contribution in [3.05, 3.63) is 71.1 Å². The molecule has 0 spiro atoms. The number of aryl methyl sites for hydroxylation is 1. The van der Waals surface area contributed by atoms with Crippen molar-refractivity contribution in [3.63, 3.8) is 0 Å². The van der Waals surface area contributed by atoms with Crippen LogP contribution in [-0.2, 0) is 16.1 Å². The van der Waals surface area contributed by atoms with Crippen molar-refractivity contribution >= 4 is 17.8 Å². The van der Waals surface area contributed by atoms with Gasteiger partial charge in [-0.05, 0) is 31.5 Å². The van der Waals surface area contributed by atoms with Crippen molar-refractivity contribution in [1.82, 2.24) is 15.0 Å². The molecular formula is C21H17N3O5. The Kier molecular flexibility index (Phi) is 4.67. The van der Waals surface area contributed by atoms with E-state index in [4.69, 9.17) is 9.26 Å². The third-order valence-corrected chi connectivity index (χ3v) is 4.75. The first kappa shape index (κ1) is 18.5. The molecule has 1 aromatic heterocycles. The summed E-state index contributed by atoms with van der Waals surface area (Å²) in [6.07, 6.45) is 0. The Morgan fingerprint density at radius 1 is 1.03 bits per heavy atom. The zero-order valence-electron chi connectivity index (χ0n) is 15.8. The van der Waals surface area contributed by atoms with Gasteiger partial charge in [0.15, 0.2) is 6.61 Å². The number of amides is 2. The maximum atomic E-state index is 12.5. The summed E-state index contributed by atoms with van der Waals surface area (Å²) < 4.78 is 10.3. The molecule has 3 aromatic rings. The van der Waals surface area contributed by atoms with Crippen LogP contribution in [0.3, 0.4) is 0 Å². The SMILES string of the molecule is Cc1ccccc1-c1noc(COC(=O)[C@H](C)N2C(=O)c3ccccc3C2=O)n1. The van der Waals surface area contributed by atoms with Gasteiger partial charge in [0, 0.05) is 5.56 Å². The Hall–Kier alpha value is -3.81. The van der Waals surface area contributed by atoms with E-state index < -0.39 is 23.8 Å². The quantitative estimate of drug-likeness (QED) is 0.487. The van der Waals surface area contributed by atoms with Crippen LogP contribution in [0.25, 0.3) is 11.4 Å². The highest BCUT2D eigenvalue weighted by molar-refractivity contribution is 6.22. The predicted molar refractivity (Wildman–Crippen MR) is 101 cm³/mol. The average molecular weight is 391 g/mol. The van der Waals surface area contributed by atoms with Gasteiger partial charge in [-0.15, -0.1) is 0 Å². The molecule has 0 saturated carbocycles. The van der Waals surface area contributed by atoms with Gasteiger partial charge in [0.2, 0.25) is 5.82 Å². The van der Waals surface area contributed by atoms with Gasteiger partial charge in [-0.1, -0.05) is 41.6 Å². The Morgan fingerprint density at radius 3 is 2.24 bits per heavy atom. The number of fused-ring (bicyclic) bond motifs is 1. The number of esters is 1. The minimum atomic E-state index is -1.08. The summed E-state index contributed by atoms with van der Waals surface area (Å²) in [6, 6.07) is 12.9. The third kappa shape index (κ3) is 3.29. The van der Waals surface area contributed by atoms with Crippen LogP contribution in [0.15, 0.2) is 53.1 Å². The van der Waals surface area contributed by atoms with Crippen LogP contribution in [0.5, 0.6) is 0 Å². The summed E-state index contributed by atoms with van der Waals surface area (Å²) in [6.45, 7) is 3.11. The fourth-order valence-electron chi connectivity index (χ4n) is 3.17. The van der Waals surface area contributed by atoms with Gasteiger partial charge in [0.1, 0.15) is 6.04 Å². The summed E-state index contributed by atoms with van der Waals surface area (Å²) in [5, 5.41) is 3.90. The molecule has 146 valence electrons. The molecule has 2 amide bonds. The van der Waals surface area contributed by atoms with Gasteiger partial charge >= 0.3 is 5.97 Å². The number of benzene rings is 2. The number of rotatable bonds is 5. The molecular weight excluding hydrogens is 374 g/mol. The second-order valence-corrected chi connectivity index (χ2v) is 6.64. The lowest BCUT2D eigenvalue weighted by molar-refractivity contribution is -0.149. The highest BCUT2D eigenvalue weighted by Gasteiger charge is 2.41. The maximum Gasteiger partial charge on any atom is 0.329 e. The van der Waals surface area contributed by atoms with Crippen molar-refractivity contribution in [3.8, 4) is 11.4 Å². The van der Waals surface area contributed by atoms with E-state index in [1.165, 1.54) is 6.92 Å². The first-order valence-corrected chi connectivity index (χ1v) is 8.99. The lowest BCUT2D eigenvalue weighted by atomic mass is 10.1. The number of nitrogens with zero attached hydrogens (tertiary/aromatic N) is 3. The summed E-state index contributed by atoms with van der Waals surface area (Å²) in [5.74, 6) is -1.27. The van der Waals surface area contributed by atoms with Crippen LogP contribution < -0.4 is 0 Å². The molecule has 29 heavy (non-hydrogen) atoms.